The van der Waals surface area contributed by atoms with Gasteiger partial charge in [0.25, 0.3) is 0 Å². The van der Waals surface area contributed by atoms with Crippen molar-refractivity contribution >= 4 is 17.7 Å². The molecule has 3 N–H and O–H groups in total. The lowest BCUT2D eigenvalue weighted by molar-refractivity contribution is 0.249. The van der Waals surface area contributed by atoms with Crippen LogP contribution in [0.25, 0.3) is 0 Å². The number of nitrogens with two attached hydrogens (primary N) is 1. The third-order valence-electron chi connectivity index (χ3n) is 3.93. The van der Waals surface area contributed by atoms with Gasteiger partial charge in [0.1, 0.15) is 11.6 Å². The molecule has 0 bridgehead atoms. The molecule has 0 radical (unpaired) electrons. The molecule has 2 heterocycles. The van der Waals surface area contributed by atoms with Gasteiger partial charge in [0.15, 0.2) is 0 Å². The van der Waals surface area contributed by atoms with Crippen molar-refractivity contribution in [1.29, 1.82) is 0 Å². The molecular weight excluding hydrogens is 290 g/mol. The number of rotatable bonds is 4. The zero-order valence-electron chi connectivity index (χ0n) is 13.0. The summed E-state index contributed by atoms with van der Waals surface area (Å²) in [6.07, 6.45) is 0. The Labute approximate surface area is 135 Å². The number of primary amides is 1. The summed E-state index contributed by atoms with van der Waals surface area (Å²) in [5.74, 6) is 1.36. The van der Waals surface area contributed by atoms with Crippen molar-refractivity contribution in [3.05, 3.63) is 54.1 Å². The molecule has 0 atom stereocenters. The van der Waals surface area contributed by atoms with Crippen LogP contribution in [0.4, 0.5) is 16.4 Å². The molecule has 6 nitrogen and oxygen atoms in total. The van der Waals surface area contributed by atoms with E-state index in [1.54, 1.807) is 6.07 Å². The lowest BCUT2D eigenvalue weighted by Crippen LogP contribution is -2.46. The zero-order chi connectivity index (χ0) is 16.1. The number of nitrogens with one attached hydrogen (secondary N) is 1. The summed E-state index contributed by atoms with van der Waals surface area (Å²) < 4.78 is 0. The molecule has 2 aromatic rings. The highest BCUT2D eigenvalue weighted by atomic mass is 16.2. The van der Waals surface area contributed by atoms with Crippen molar-refractivity contribution < 1.29 is 4.79 Å². The highest BCUT2D eigenvalue weighted by molar-refractivity contribution is 5.86. The SMILES string of the molecule is NC(=O)Nc1cccc(N2CCN(Cc3ccccc3)CC2)n1. The Hall–Kier alpha value is -2.60. The van der Waals surface area contributed by atoms with Crippen LogP contribution < -0.4 is 16.0 Å². The molecule has 23 heavy (non-hydrogen) atoms. The number of anilines is 2. The van der Waals surface area contributed by atoms with Gasteiger partial charge >= 0.3 is 6.03 Å². The number of pyridine rings is 1. The Bertz CT molecular complexity index is 653. The minimum atomic E-state index is -0.595. The van der Waals surface area contributed by atoms with Crippen molar-refractivity contribution in [3.8, 4) is 0 Å². The predicted molar refractivity (Wildman–Crippen MR) is 91.4 cm³/mol. The van der Waals surface area contributed by atoms with Gasteiger partial charge in [-0.1, -0.05) is 36.4 Å². The summed E-state index contributed by atoms with van der Waals surface area (Å²) >= 11 is 0. The number of amides is 2. The van der Waals surface area contributed by atoms with Crippen molar-refractivity contribution in [1.82, 2.24) is 9.88 Å². The lowest BCUT2D eigenvalue weighted by atomic mass is 10.2. The molecule has 1 saturated heterocycles. The van der Waals surface area contributed by atoms with Gasteiger partial charge in [0, 0.05) is 32.7 Å². The van der Waals surface area contributed by atoms with E-state index in [1.165, 1.54) is 5.56 Å². The van der Waals surface area contributed by atoms with Gasteiger partial charge in [-0.3, -0.25) is 10.2 Å². The number of piperazine rings is 1. The topological polar surface area (TPSA) is 74.5 Å². The van der Waals surface area contributed by atoms with Crippen molar-refractivity contribution in [2.75, 3.05) is 36.4 Å². The van der Waals surface area contributed by atoms with Crippen LogP contribution in [0.3, 0.4) is 0 Å². The monoisotopic (exact) mass is 311 g/mol. The molecule has 2 amide bonds. The van der Waals surface area contributed by atoms with E-state index in [-0.39, 0.29) is 0 Å². The second kappa shape index (κ2) is 7.11. The first-order valence-corrected chi connectivity index (χ1v) is 7.75. The Morgan fingerprint density at radius 3 is 2.48 bits per heavy atom. The van der Waals surface area contributed by atoms with E-state index in [0.29, 0.717) is 5.82 Å². The second-order valence-corrected chi connectivity index (χ2v) is 5.62. The van der Waals surface area contributed by atoms with Gasteiger partial charge in [-0.2, -0.15) is 0 Å². The normalized spacial score (nSPS) is 15.4. The van der Waals surface area contributed by atoms with Crippen LogP contribution >= 0.6 is 0 Å². The maximum Gasteiger partial charge on any atom is 0.317 e. The lowest BCUT2D eigenvalue weighted by Gasteiger charge is -2.35. The zero-order valence-corrected chi connectivity index (χ0v) is 13.0. The first-order valence-electron chi connectivity index (χ1n) is 7.75. The average Bonchev–Trinajstić information content (AvgIpc) is 2.56. The molecule has 1 aromatic carbocycles. The van der Waals surface area contributed by atoms with E-state index in [2.05, 4.69) is 44.4 Å². The van der Waals surface area contributed by atoms with Gasteiger partial charge in [-0.15, -0.1) is 0 Å². The molecule has 1 aliphatic heterocycles. The highest BCUT2D eigenvalue weighted by Crippen LogP contribution is 2.17. The van der Waals surface area contributed by atoms with Crippen LogP contribution in [0.2, 0.25) is 0 Å². The van der Waals surface area contributed by atoms with Crippen molar-refractivity contribution in [2.24, 2.45) is 5.73 Å². The fraction of sp³-hybridized carbons (Fsp3) is 0.294. The number of carbonyl (C=O) groups excluding carboxylic acids is 1. The molecule has 3 rings (SSSR count). The minimum Gasteiger partial charge on any atom is -0.354 e. The molecule has 1 aromatic heterocycles. The molecule has 1 fully saturated rings. The van der Waals surface area contributed by atoms with Gasteiger partial charge in [0.05, 0.1) is 0 Å². The third-order valence-corrected chi connectivity index (χ3v) is 3.93. The Morgan fingerprint density at radius 2 is 1.78 bits per heavy atom. The summed E-state index contributed by atoms with van der Waals surface area (Å²) in [5.41, 5.74) is 6.47. The minimum absolute atomic E-state index is 0.488. The second-order valence-electron chi connectivity index (χ2n) is 5.62. The first kappa shape index (κ1) is 15.3. The number of urea groups is 1. The van der Waals surface area contributed by atoms with Crippen LogP contribution in [0, 0.1) is 0 Å². The van der Waals surface area contributed by atoms with Gasteiger partial charge in [0.2, 0.25) is 0 Å². The Kier molecular flexibility index (Phi) is 4.73. The summed E-state index contributed by atoms with van der Waals surface area (Å²) in [4.78, 5) is 20.0. The molecule has 120 valence electrons. The fourth-order valence-corrected chi connectivity index (χ4v) is 2.77. The molecule has 0 spiro atoms. The smallest absolute Gasteiger partial charge is 0.317 e. The Balaban J connectivity index is 1.57. The number of aromatic nitrogens is 1. The maximum atomic E-state index is 10.9. The third kappa shape index (κ3) is 4.20. The van der Waals surface area contributed by atoms with Crippen LogP contribution in [0.5, 0.6) is 0 Å². The average molecular weight is 311 g/mol. The number of hydrogen-bond acceptors (Lipinski definition) is 4. The van der Waals surface area contributed by atoms with Crippen LogP contribution in [-0.2, 0) is 6.54 Å². The first-order chi connectivity index (χ1) is 11.2. The highest BCUT2D eigenvalue weighted by Gasteiger charge is 2.18. The summed E-state index contributed by atoms with van der Waals surface area (Å²) in [5, 5.41) is 2.52. The van der Waals surface area contributed by atoms with Gasteiger partial charge in [-0.05, 0) is 17.7 Å². The Morgan fingerprint density at radius 1 is 1.04 bits per heavy atom. The number of carbonyl (C=O) groups is 1. The summed E-state index contributed by atoms with van der Waals surface area (Å²) in [7, 11) is 0. The van der Waals surface area contributed by atoms with Gasteiger partial charge in [-0.25, -0.2) is 9.78 Å². The van der Waals surface area contributed by atoms with Crippen LogP contribution in [0.15, 0.2) is 48.5 Å². The van der Waals surface area contributed by atoms with E-state index in [1.807, 2.05) is 18.2 Å². The number of benzene rings is 1. The van der Waals surface area contributed by atoms with Crippen molar-refractivity contribution in [3.63, 3.8) is 0 Å². The molecule has 1 aliphatic rings. The van der Waals surface area contributed by atoms with Crippen LogP contribution in [-0.4, -0.2) is 42.1 Å². The van der Waals surface area contributed by atoms with Crippen molar-refractivity contribution in [2.45, 2.75) is 6.54 Å². The van der Waals surface area contributed by atoms with E-state index < -0.39 is 6.03 Å². The molecule has 0 aliphatic carbocycles. The molecule has 0 unspecified atom stereocenters. The summed E-state index contributed by atoms with van der Waals surface area (Å²) in [6, 6.07) is 15.5. The van der Waals surface area contributed by atoms with E-state index >= 15 is 0 Å². The number of hydrogen-bond donors (Lipinski definition) is 2. The largest absolute Gasteiger partial charge is 0.354 e. The van der Waals surface area contributed by atoms with E-state index in [9.17, 15) is 4.79 Å². The fourth-order valence-electron chi connectivity index (χ4n) is 2.77. The molecule has 6 heteroatoms. The summed E-state index contributed by atoms with van der Waals surface area (Å²) in [6.45, 7) is 4.79. The quantitative estimate of drug-likeness (QED) is 0.904. The molecule has 0 saturated carbocycles. The van der Waals surface area contributed by atoms with Gasteiger partial charge < -0.3 is 10.6 Å². The van der Waals surface area contributed by atoms with E-state index in [0.717, 1.165) is 38.5 Å². The number of nitrogens with zero attached hydrogens (tertiary/aromatic N) is 3. The van der Waals surface area contributed by atoms with E-state index in [4.69, 9.17) is 5.73 Å². The standard InChI is InChI=1S/C17H21N5O/c18-17(23)20-15-7-4-8-16(19-15)22-11-9-21(10-12-22)13-14-5-2-1-3-6-14/h1-8H,9-13H2,(H3,18,19,20,23). The predicted octanol–water partition coefficient (Wildman–Crippen LogP) is 1.89. The van der Waals surface area contributed by atoms with Crippen LogP contribution in [0.1, 0.15) is 5.56 Å². The maximum absolute atomic E-state index is 10.9. The molecular formula is C17H21N5O.